The molecule has 1 amide bonds. The second-order valence-electron chi connectivity index (χ2n) is 6.54. The Labute approximate surface area is 148 Å². The fourth-order valence-electron chi connectivity index (χ4n) is 2.73. The lowest BCUT2D eigenvalue weighted by molar-refractivity contribution is 0.0718. The number of nitrogens with zero attached hydrogens (tertiary/aromatic N) is 2. The number of amides is 1. The topological polar surface area (TPSA) is 64.8 Å². The fraction of sp³-hybridized carbons (Fsp3) is 0.474. The molecule has 25 heavy (non-hydrogen) atoms. The van der Waals surface area contributed by atoms with E-state index in [0.29, 0.717) is 28.7 Å². The van der Waals surface area contributed by atoms with Crippen LogP contribution in [0, 0.1) is 5.92 Å². The van der Waals surface area contributed by atoms with Gasteiger partial charge in [0, 0.05) is 19.2 Å². The first kappa shape index (κ1) is 18.8. The summed E-state index contributed by atoms with van der Waals surface area (Å²) in [6.45, 7) is 6.31. The molecule has 0 fully saturated rings. The number of carbonyl (C=O) groups is 1. The van der Waals surface area contributed by atoms with E-state index in [1.807, 2.05) is 6.92 Å². The van der Waals surface area contributed by atoms with Gasteiger partial charge in [-0.2, -0.15) is 0 Å². The van der Waals surface area contributed by atoms with Crippen molar-refractivity contribution in [1.29, 1.82) is 0 Å². The maximum Gasteiger partial charge on any atom is 0.276 e. The van der Waals surface area contributed by atoms with E-state index in [-0.39, 0.29) is 17.6 Å². The van der Waals surface area contributed by atoms with Crippen LogP contribution in [-0.2, 0) is 0 Å². The van der Waals surface area contributed by atoms with Crippen LogP contribution in [0.25, 0.3) is 11.3 Å². The standard InChI is InChI=1S/C19H26N2O4/c1-12(2)9-13(3)21(4)19(22)16-11-18(25-20-16)15-10-14(23-5)7-8-17(15)24-6/h7-8,10-13H,9H2,1-6H3/t13-/m0/s1. The van der Waals surface area contributed by atoms with Gasteiger partial charge in [0.05, 0.1) is 19.8 Å². The van der Waals surface area contributed by atoms with E-state index in [2.05, 4.69) is 19.0 Å². The van der Waals surface area contributed by atoms with Crippen LogP contribution in [0.3, 0.4) is 0 Å². The number of hydrogen-bond acceptors (Lipinski definition) is 5. The zero-order chi connectivity index (χ0) is 18.6. The van der Waals surface area contributed by atoms with E-state index in [9.17, 15) is 4.79 Å². The second kappa shape index (κ2) is 8.05. The van der Waals surface area contributed by atoms with Gasteiger partial charge in [0.1, 0.15) is 11.5 Å². The molecule has 0 radical (unpaired) electrons. The first-order chi connectivity index (χ1) is 11.9. The predicted molar refractivity (Wildman–Crippen MR) is 96.1 cm³/mol. The molecule has 0 bridgehead atoms. The van der Waals surface area contributed by atoms with Gasteiger partial charge in [0.2, 0.25) is 0 Å². The molecular formula is C19H26N2O4. The Kier molecular flexibility index (Phi) is 6.07. The van der Waals surface area contributed by atoms with Crippen molar-refractivity contribution in [2.75, 3.05) is 21.3 Å². The van der Waals surface area contributed by atoms with Gasteiger partial charge >= 0.3 is 0 Å². The van der Waals surface area contributed by atoms with Crippen LogP contribution in [0.15, 0.2) is 28.8 Å². The minimum atomic E-state index is -0.162. The highest BCUT2D eigenvalue weighted by Crippen LogP contribution is 2.34. The summed E-state index contributed by atoms with van der Waals surface area (Å²) in [4.78, 5) is 14.3. The zero-order valence-electron chi connectivity index (χ0n) is 15.7. The van der Waals surface area contributed by atoms with Crippen LogP contribution in [0.1, 0.15) is 37.7 Å². The van der Waals surface area contributed by atoms with E-state index < -0.39 is 0 Å². The number of hydrogen-bond donors (Lipinski definition) is 0. The molecule has 1 heterocycles. The van der Waals surface area contributed by atoms with Crippen molar-refractivity contribution in [3.05, 3.63) is 30.0 Å². The van der Waals surface area contributed by atoms with Gasteiger partial charge in [-0.15, -0.1) is 0 Å². The van der Waals surface area contributed by atoms with Crippen LogP contribution < -0.4 is 9.47 Å². The number of aromatic nitrogens is 1. The lowest BCUT2D eigenvalue weighted by Gasteiger charge is -2.25. The molecule has 6 heteroatoms. The highest BCUT2D eigenvalue weighted by molar-refractivity contribution is 5.93. The predicted octanol–water partition coefficient (Wildman–Crippen LogP) is 3.87. The Bertz CT molecular complexity index is 724. The summed E-state index contributed by atoms with van der Waals surface area (Å²) in [5.41, 5.74) is 0.962. The van der Waals surface area contributed by atoms with Crippen molar-refractivity contribution in [1.82, 2.24) is 10.1 Å². The summed E-state index contributed by atoms with van der Waals surface area (Å²) in [6.07, 6.45) is 0.927. The Morgan fingerprint density at radius 3 is 2.52 bits per heavy atom. The zero-order valence-corrected chi connectivity index (χ0v) is 15.7. The molecule has 1 atom stereocenters. The van der Waals surface area contributed by atoms with E-state index in [1.165, 1.54) is 0 Å². The van der Waals surface area contributed by atoms with Gasteiger partial charge in [-0.3, -0.25) is 4.79 Å². The fourth-order valence-corrected chi connectivity index (χ4v) is 2.73. The van der Waals surface area contributed by atoms with E-state index in [4.69, 9.17) is 14.0 Å². The van der Waals surface area contributed by atoms with Crippen molar-refractivity contribution in [3.63, 3.8) is 0 Å². The van der Waals surface area contributed by atoms with Crippen LogP contribution in [0.5, 0.6) is 11.5 Å². The minimum Gasteiger partial charge on any atom is -0.497 e. The van der Waals surface area contributed by atoms with Gasteiger partial charge in [0.15, 0.2) is 11.5 Å². The van der Waals surface area contributed by atoms with Crippen molar-refractivity contribution >= 4 is 5.91 Å². The summed E-state index contributed by atoms with van der Waals surface area (Å²) in [5, 5.41) is 3.94. The summed E-state index contributed by atoms with van der Waals surface area (Å²) in [7, 11) is 4.96. The SMILES string of the molecule is COc1ccc(OC)c(-c2cc(C(=O)N(C)[C@@H](C)CC(C)C)no2)c1. The van der Waals surface area contributed by atoms with E-state index >= 15 is 0 Å². The average Bonchev–Trinajstić information content (AvgIpc) is 3.09. The largest absolute Gasteiger partial charge is 0.497 e. The first-order valence-corrected chi connectivity index (χ1v) is 8.33. The molecule has 0 aliphatic rings. The van der Waals surface area contributed by atoms with Crippen molar-refractivity contribution in [2.24, 2.45) is 5.92 Å². The summed E-state index contributed by atoms with van der Waals surface area (Å²) < 4.78 is 16.0. The molecule has 0 aliphatic heterocycles. The Morgan fingerprint density at radius 2 is 1.92 bits per heavy atom. The second-order valence-corrected chi connectivity index (χ2v) is 6.54. The van der Waals surface area contributed by atoms with Crippen LogP contribution in [0.4, 0.5) is 0 Å². The van der Waals surface area contributed by atoms with Gasteiger partial charge in [0.25, 0.3) is 5.91 Å². The third-order valence-electron chi connectivity index (χ3n) is 4.20. The Hall–Kier alpha value is -2.50. The molecule has 0 aliphatic carbocycles. The summed E-state index contributed by atoms with van der Waals surface area (Å²) in [5.74, 6) is 2.11. The summed E-state index contributed by atoms with van der Waals surface area (Å²) >= 11 is 0. The van der Waals surface area contributed by atoms with Crippen molar-refractivity contribution < 1.29 is 18.8 Å². The normalized spacial score (nSPS) is 12.1. The number of ether oxygens (including phenoxy) is 2. The monoisotopic (exact) mass is 346 g/mol. The lowest BCUT2D eigenvalue weighted by Crippen LogP contribution is -2.36. The van der Waals surface area contributed by atoms with Gasteiger partial charge in [-0.05, 0) is 37.5 Å². The average molecular weight is 346 g/mol. The third kappa shape index (κ3) is 4.32. The van der Waals surface area contributed by atoms with Crippen molar-refractivity contribution in [2.45, 2.75) is 33.2 Å². The molecule has 2 aromatic rings. The number of benzene rings is 1. The smallest absolute Gasteiger partial charge is 0.276 e. The molecule has 0 unspecified atom stereocenters. The number of methoxy groups -OCH3 is 2. The molecule has 1 aromatic carbocycles. The number of carbonyl (C=O) groups excluding carboxylic acids is 1. The Morgan fingerprint density at radius 1 is 1.20 bits per heavy atom. The third-order valence-corrected chi connectivity index (χ3v) is 4.20. The molecule has 6 nitrogen and oxygen atoms in total. The maximum absolute atomic E-state index is 12.6. The lowest BCUT2D eigenvalue weighted by atomic mass is 10.0. The van der Waals surface area contributed by atoms with E-state index in [1.54, 1.807) is 50.4 Å². The van der Waals surface area contributed by atoms with Crippen LogP contribution in [0.2, 0.25) is 0 Å². The van der Waals surface area contributed by atoms with Gasteiger partial charge < -0.3 is 18.9 Å². The van der Waals surface area contributed by atoms with Crippen molar-refractivity contribution in [3.8, 4) is 22.8 Å². The molecule has 0 saturated heterocycles. The highest BCUT2D eigenvalue weighted by Gasteiger charge is 2.23. The first-order valence-electron chi connectivity index (χ1n) is 8.33. The van der Waals surface area contributed by atoms with Crippen LogP contribution >= 0.6 is 0 Å². The molecular weight excluding hydrogens is 320 g/mol. The quantitative estimate of drug-likeness (QED) is 0.761. The highest BCUT2D eigenvalue weighted by atomic mass is 16.5. The molecule has 136 valence electrons. The number of rotatable bonds is 7. The molecule has 0 saturated carbocycles. The summed E-state index contributed by atoms with van der Waals surface area (Å²) in [6, 6.07) is 7.14. The Balaban J connectivity index is 2.26. The van der Waals surface area contributed by atoms with Gasteiger partial charge in [-0.25, -0.2) is 0 Å². The van der Waals surface area contributed by atoms with Crippen LogP contribution in [-0.4, -0.2) is 43.3 Å². The molecule has 1 aromatic heterocycles. The van der Waals surface area contributed by atoms with E-state index in [0.717, 1.165) is 6.42 Å². The maximum atomic E-state index is 12.6. The minimum absolute atomic E-state index is 0.124. The molecule has 2 rings (SSSR count). The molecule has 0 N–H and O–H groups in total. The molecule has 0 spiro atoms. The van der Waals surface area contributed by atoms with Gasteiger partial charge in [-0.1, -0.05) is 19.0 Å².